The van der Waals surface area contributed by atoms with Gasteiger partial charge in [-0.25, -0.2) is 13.8 Å². The van der Waals surface area contributed by atoms with Crippen molar-refractivity contribution in [2.24, 2.45) is 5.73 Å². The fourth-order valence-corrected chi connectivity index (χ4v) is 3.02. The van der Waals surface area contributed by atoms with Crippen molar-refractivity contribution < 1.29 is 13.6 Å². The summed E-state index contributed by atoms with van der Waals surface area (Å²) in [7, 11) is 0. The first-order valence-corrected chi connectivity index (χ1v) is 8.40. The zero-order chi connectivity index (χ0) is 19.7. The number of carbonyl (C=O) groups is 1. The van der Waals surface area contributed by atoms with Crippen LogP contribution in [0.15, 0.2) is 66.7 Å². The van der Waals surface area contributed by atoms with Crippen molar-refractivity contribution >= 4 is 5.91 Å². The van der Waals surface area contributed by atoms with E-state index in [9.17, 15) is 13.6 Å². The molecule has 138 valence electrons. The number of primary amides is 1. The molecule has 1 amide bonds. The third kappa shape index (κ3) is 3.37. The predicted octanol–water partition coefficient (Wildman–Crippen LogP) is 4.18. The number of nitrogens with one attached hydrogen (secondary N) is 1. The minimum Gasteiger partial charge on any atom is -0.363 e. The van der Waals surface area contributed by atoms with E-state index >= 15 is 0 Å². The molecule has 0 fully saturated rings. The van der Waals surface area contributed by atoms with Crippen LogP contribution < -0.4 is 5.73 Å². The highest BCUT2D eigenvalue weighted by atomic mass is 19.1. The number of hydrogen-bond donors (Lipinski definition) is 2. The van der Waals surface area contributed by atoms with Crippen molar-refractivity contribution in [1.82, 2.24) is 15.2 Å². The number of aromatic nitrogens is 3. The lowest BCUT2D eigenvalue weighted by molar-refractivity contribution is 0.0991. The summed E-state index contributed by atoms with van der Waals surface area (Å²) in [5.41, 5.74) is 8.59. The van der Waals surface area contributed by atoms with Crippen LogP contribution in [0.5, 0.6) is 0 Å². The molecule has 1 aromatic heterocycles. The van der Waals surface area contributed by atoms with Gasteiger partial charge in [0.25, 0.3) is 5.91 Å². The van der Waals surface area contributed by atoms with E-state index < -0.39 is 17.5 Å². The van der Waals surface area contributed by atoms with Gasteiger partial charge in [0.2, 0.25) is 5.82 Å². The lowest BCUT2D eigenvalue weighted by Crippen LogP contribution is -2.12. The van der Waals surface area contributed by atoms with Crippen LogP contribution in [0.25, 0.3) is 33.6 Å². The second-order valence-electron chi connectivity index (χ2n) is 6.16. The van der Waals surface area contributed by atoms with Crippen LogP contribution >= 0.6 is 0 Å². The Kier molecular flexibility index (Phi) is 4.41. The normalized spacial score (nSPS) is 10.8. The molecular weight excluding hydrogens is 362 g/mol. The largest absolute Gasteiger partial charge is 0.363 e. The van der Waals surface area contributed by atoms with E-state index in [4.69, 9.17) is 5.73 Å². The number of rotatable bonds is 4. The number of H-pyrrole nitrogens is 1. The average Bonchev–Trinajstić information content (AvgIpc) is 3.18. The first-order chi connectivity index (χ1) is 13.5. The number of benzene rings is 3. The summed E-state index contributed by atoms with van der Waals surface area (Å²) < 4.78 is 27.4. The maximum Gasteiger partial charge on any atom is 0.286 e. The molecule has 0 saturated heterocycles. The quantitative estimate of drug-likeness (QED) is 0.560. The molecule has 0 radical (unpaired) electrons. The number of nitrogens with two attached hydrogens (primary N) is 1. The summed E-state index contributed by atoms with van der Waals surface area (Å²) in [6.07, 6.45) is 0. The standard InChI is InChI=1S/C21H14F2N4O/c22-15-9-14(10-16(23)11-15)18-7-2-1-6-17(18)12-4-3-5-13(8-12)20-25-21(19(24)28)27-26-20/h1-11H,(H2,24,28)(H,25,26,27). The van der Waals surface area contributed by atoms with Crippen molar-refractivity contribution in [1.29, 1.82) is 0 Å². The van der Waals surface area contributed by atoms with E-state index in [0.29, 0.717) is 22.5 Å². The van der Waals surface area contributed by atoms with Gasteiger partial charge in [-0.3, -0.25) is 9.89 Å². The minimum absolute atomic E-state index is 0.0314. The minimum atomic E-state index is -0.701. The van der Waals surface area contributed by atoms with Gasteiger partial charge in [0.15, 0.2) is 5.82 Å². The van der Waals surface area contributed by atoms with E-state index in [2.05, 4.69) is 15.2 Å². The van der Waals surface area contributed by atoms with Gasteiger partial charge in [-0.15, -0.1) is 0 Å². The molecule has 0 bridgehead atoms. The summed E-state index contributed by atoms with van der Waals surface area (Å²) in [5.74, 6) is -1.69. The Morgan fingerprint density at radius 2 is 1.46 bits per heavy atom. The van der Waals surface area contributed by atoms with Crippen LogP contribution in [0.3, 0.4) is 0 Å². The molecule has 4 aromatic rings. The molecule has 0 aliphatic heterocycles. The topological polar surface area (TPSA) is 84.7 Å². The maximum absolute atomic E-state index is 13.7. The Morgan fingerprint density at radius 3 is 2.11 bits per heavy atom. The molecule has 0 saturated carbocycles. The first kappa shape index (κ1) is 17.5. The van der Waals surface area contributed by atoms with Crippen molar-refractivity contribution in [2.75, 3.05) is 0 Å². The molecule has 0 aliphatic carbocycles. The van der Waals surface area contributed by atoms with Gasteiger partial charge in [-0.2, -0.15) is 5.10 Å². The van der Waals surface area contributed by atoms with Crippen molar-refractivity contribution in [3.05, 3.63) is 84.2 Å². The zero-order valence-electron chi connectivity index (χ0n) is 14.5. The number of hydrogen-bond acceptors (Lipinski definition) is 3. The number of aromatic amines is 1. The Bertz CT molecular complexity index is 1170. The zero-order valence-corrected chi connectivity index (χ0v) is 14.5. The second kappa shape index (κ2) is 7.03. The third-order valence-electron chi connectivity index (χ3n) is 4.25. The van der Waals surface area contributed by atoms with Crippen LogP contribution in [-0.4, -0.2) is 21.1 Å². The monoisotopic (exact) mass is 376 g/mol. The molecule has 7 heteroatoms. The molecule has 0 atom stereocenters. The smallest absolute Gasteiger partial charge is 0.286 e. The van der Waals surface area contributed by atoms with Gasteiger partial charge in [-0.05, 0) is 40.5 Å². The molecule has 28 heavy (non-hydrogen) atoms. The molecular formula is C21H14F2N4O. The fraction of sp³-hybridized carbons (Fsp3) is 0. The SMILES string of the molecule is NC(=O)c1nc(-c2cccc(-c3ccccc3-c3cc(F)cc(F)c3)c2)n[nH]1. The van der Waals surface area contributed by atoms with Crippen molar-refractivity contribution in [2.45, 2.75) is 0 Å². The van der Waals surface area contributed by atoms with E-state index in [1.54, 1.807) is 18.2 Å². The third-order valence-corrected chi connectivity index (χ3v) is 4.25. The van der Waals surface area contributed by atoms with Gasteiger partial charge in [-0.1, -0.05) is 42.5 Å². The summed E-state index contributed by atoms with van der Waals surface area (Å²) >= 11 is 0. The number of amides is 1. The van der Waals surface area contributed by atoms with Gasteiger partial charge in [0.1, 0.15) is 11.6 Å². The summed E-state index contributed by atoms with van der Waals surface area (Å²) in [4.78, 5) is 15.3. The molecule has 3 aromatic carbocycles. The molecule has 0 unspecified atom stereocenters. The van der Waals surface area contributed by atoms with Crippen molar-refractivity contribution in [3.63, 3.8) is 0 Å². The molecule has 0 spiro atoms. The highest BCUT2D eigenvalue weighted by molar-refractivity contribution is 5.89. The number of carbonyl (C=O) groups excluding carboxylic acids is 1. The molecule has 4 rings (SSSR count). The van der Waals surface area contributed by atoms with Crippen LogP contribution in [-0.2, 0) is 0 Å². The van der Waals surface area contributed by atoms with Gasteiger partial charge >= 0.3 is 0 Å². The Balaban J connectivity index is 1.81. The fourth-order valence-electron chi connectivity index (χ4n) is 3.02. The Morgan fingerprint density at radius 1 is 0.821 bits per heavy atom. The second-order valence-corrected chi connectivity index (χ2v) is 6.16. The highest BCUT2D eigenvalue weighted by Crippen LogP contribution is 2.34. The molecule has 1 heterocycles. The predicted molar refractivity (Wildman–Crippen MR) is 101 cm³/mol. The van der Waals surface area contributed by atoms with Crippen LogP contribution in [0.4, 0.5) is 8.78 Å². The molecule has 5 nitrogen and oxygen atoms in total. The lowest BCUT2D eigenvalue weighted by atomic mass is 9.93. The van der Waals surface area contributed by atoms with E-state index in [-0.39, 0.29) is 5.82 Å². The van der Waals surface area contributed by atoms with Crippen LogP contribution in [0.1, 0.15) is 10.6 Å². The van der Waals surface area contributed by atoms with Crippen molar-refractivity contribution in [3.8, 4) is 33.6 Å². The summed E-state index contributed by atoms with van der Waals surface area (Å²) in [6.45, 7) is 0. The van der Waals surface area contributed by atoms with Gasteiger partial charge in [0, 0.05) is 11.6 Å². The summed E-state index contributed by atoms with van der Waals surface area (Å²) in [6, 6.07) is 18.1. The highest BCUT2D eigenvalue weighted by Gasteiger charge is 2.13. The van der Waals surface area contributed by atoms with Gasteiger partial charge in [0.05, 0.1) is 0 Å². The Labute approximate surface area is 158 Å². The van der Waals surface area contributed by atoms with E-state index in [0.717, 1.165) is 17.2 Å². The van der Waals surface area contributed by atoms with E-state index in [1.807, 2.05) is 30.3 Å². The van der Waals surface area contributed by atoms with Gasteiger partial charge < -0.3 is 5.73 Å². The number of nitrogens with zero attached hydrogens (tertiary/aromatic N) is 2. The molecule has 0 aliphatic rings. The molecule has 3 N–H and O–H groups in total. The lowest BCUT2D eigenvalue weighted by Gasteiger charge is -2.11. The summed E-state index contributed by atoms with van der Waals surface area (Å²) in [5, 5.41) is 6.50. The Hall–Kier alpha value is -3.87. The number of halogens is 2. The van der Waals surface area contributed by atoms with Crippen LogP contribution in [0, 0.1) is 11.6 Å². The first-order valence-electron chi connectivity index (χ1n) is 8.40. The van der Waals surface area contributed by atoms with Crippen LogP contribution in [0.2, 0.25) is 0 Å². The average molecular weight is 376 g/mol. The van der Waals surface area contributed by atoms with E-state index in [1.165, 1.54) is 12.1 Å². The maximum atomic E-state index is 13.7.